The van der Waals surface area contributed by atoms with E-state index in [0.717, 1.165) is 45.1 Å². The molecule has 1 fully saturated rings. The fourth-order valence-corrected chi connectivity index (χ4v) is 3.24. The fraction of sp³-hybridized carbons (Fsp3) is 0.650. The molecule has 1 aliphatic heterocycles. The summed E-state index contributed by atoms with van der Waals surface area (Å²) in [7, 11) is 0. The molecule has 0 radical (unpaired) electrons. The SMILES string of the molecule is CC(CNC(=O)NCCCOCC1CC1)N1CCc2ccccc2C1. The minimum Gasteiger partial charge on any atom is -0.381 e. The third-order valence-corrected chi connectivity index (χ3v) is 5.14. The topological polar surface area (TPSA) is 53.6 Å². The summed E-state index contributed by atoms with van der Waals surface area (Å²) < 4.78 is 5.57. The summed E-state index contributed by atoms with van der Waals surface area (Å²) in [5.41, 5.74) is 2.87. The number of rotatable bonds is 9. The molecule has 1 atom stereocenters. The fourth-order valence-electron chi connectivity index (χ4n) is 3.24. The summed E-state index contributed by atoms with van der Waals surface area (Å²) in [6.07, 6.45) is 4.61. The highest BCUT2D eigenvalue weighted by atomic mass is 16.5. The maximum atomic E-state index is 11.9. The largest absolute Gasteiger partial charge is 0.381 e. The van der Waals surface area contributed by atoms with Crippen molar-refractivity contribution in [3.63, 3.8) is 0 Å². The van der Waals surface area contributed by atoms with Gasteiger partial charge in [-0.05, 0) is 49.7 Å². The Kier molecular flexibility index (Phi) is 6.70. The standard InChI is InChI=1S/C20H31N3O2/c1-16(23-11-9-18-5-2-3-6-19(18)14-23)13-22-20(24)21-10-4-12-25-15-17-7-8-17/h2-3,5-6,16-17H,4,7-15H2,1H3,(H2,21,22,24). The molecule has 2 aliphatic rings. The average Bonchev–Trinajstić information content (AvgIpc) is 3.46. The number of urea groups is 1. The Morgan fingerprint density at radius 3 is 2.88 bits per heavy atom. The van der Waals surface area contributed by atoms with Crippen molar-refractivity contribution >= 4 is 6.03 Å². The second-order valence-corrected chi connectivity index (χ2v) is 7.35. The Morgan fingerprint density at radius 1 is 1.28 bits per heavy atom. The molecule has 2 N–H and O–H groups in total. The van der Waals surface area contributed by atoms with E-state index in [1.807, 2.05) is 0 Å². The molecule has 5 nitrogen and oxygen atoms in total. The van der Waals surface area contributed by atoms with Crippen LogP contribution in [0.2, 0.25) is 0 Å². The Hall–Kier alpha value is -1.59. The van der Waals surface area contributed by atoms with E-state index >= 15 is 0 Å². The lowest BCUT2D eigenvalue weighted by Crippen LogP contribution is -2.46. The van der Waals surface area contributed by atoms with Crippen LogP contribution in [0.25, 0.3) is 0 Å². The third-order valence-electron chi connectivity index (χ3n) is 5.14. The van der Waals surface area contributed by atoms with Gasteiger partial charge in [-0.3, -0.25) is 4.90 Å². The maximum absolute atomic E-state index is 11.9. The lowest BCUT2D eigenvalue weighted by molar-refractivity contribution is 0.122. The van der Waals surface area contributed by atoms with Gasteiger partial charge < -0.3 is 15.4 Å². The number of benzene rings is 1. The highest BCUT2D eigenvalue weighted by Gasteiger charge is 2.21. The molecule has 0 bridgehead atoms. The van der Waals surface area contributed by atoms with Gasteiger partial charge in [-0.1, -0.05) is 24.3 Å². The van der Waals surface area contributed by atoms with Gasteiger partial charge in [0.15, 0.2) is 0 Å². The molecule has 1 unspecified atom stereocenters. The second-order valence-electron chi connectivity index (χ2n) is 7.35. The van der Waals surface area contributed by atoms with Crippen LogP contribution in [0.5, 0.6) is 0 Å². The van der Waals surface area contributed by atoms with E-state index in [-0.39, 0.29) is 6.03 Å². The lowest BCUT2D eigenvalue weighted by Gasteiger charge is -2.33. The molecule has 5 heteroatoms. The lowest BCUT2D eigenvalue weighted by atomic mass is 9.99. The number of hydrogen-bond donors (Lipinski definition) is 2. The second kappa shape index (κ2) is 9.20. The molecule has 1 aromatic carbocycles. The van der Waals surface area contributed by atoms with Crippen molar-refractivity contribution in [3.8, 4) is 0 Å². The van der Waals surface area contributed by atoms with Crippen LogP contribution >= 0.6 is 0 Å². The minimum absolute atomic E-state index is 0.0774. The molecule has 0 saturated heterocycles. The molecule has 2 amide bonds. The highest BCUT2D eigenvalue weighted by molar-refractivity contribution is 5.73. The van der Waals surface area contributed by atoms with Crippen LogP contribution in [-0.2, 0) is 17.7 Å². The van der Waals surface area contributed by atoms with Crippen molar-refractivity contribution in [3.05, 3.63) is 35.4 Å². The zero-order chi connectivity index (χ0) is 17.5. The number of amides is 2. The molecular weight excluding hydrogens is 314 g/mol. The van der Waals surface area contributed by atoms with Gasteiger partial charge >= 0.3 is 6.03 Å². The number of fused-ring (bicyclic) bond motifs is 1. The van der Waals surface area contributed by atoms with Crippen molar-refractivity contribution in [2.24, 2.45) is 5.92 Å². The third kappa shape index (κ3) is 6.01. The molecule has 0 spiro atoms. The van der Waals surface area contributed by atoms with Crippen molar-refractivity contribution < 1.29 is 9.53 Å². The van der Waals surface area contributed by atoms with E-state index in [1.54, 1.807) is 0 Å². The summed E-state index contributed by atoms with van der Waals surface area (Å²) in [4.78, 5) is 14.3. The van der Waals surface area contributed by atoms with Crippen LogP contribution in [0.4, 0.5) is 4.79 Å². The maximum Gasteiger partial charge on any atom is 0.314 e. The first-order chi connectivity index (χ1) is 12.2. The minimum atomic E-state index is -0.0774. The number of carbonyl (C=O) groups excluding carboxylic acids is 1. The van der Waals surface area contributed by atoms with Crippen molar-refractivity contribution in [2.75, 3.05) is 32.8 Å². The van der Waals surface area contributed by atoms with E-state index < -0.39 is 0 Å². The normalized spacial score (nSPS) is 18.4. The van der Waals surface area contributed by atoms with Gasteiger partial charge in [0.25, 0.3) is 0 Å². The smallest absolute Gasteiger partial charge is 0.314 e. The quantitative estimate of drug-likeness (QED) is 0.676. The summed E-state index contributed by atoms with van der Waals surface area (Å²) in [5, 5.41) is 5.90. The molecule has 1 aliphatic carbocycles. The number of nitrogens with zero attached hydrogens (tertiary/aromatic N) is 1. The predicted octanol–water partition coefficient (Wildman–Crippen LogP) is 2.55. The molecule has 3 rings (SSSR count). The predicted molar refractivity (Wildman–Crippen MR) is 99.6 cm³/mol. The molecule has 25 heavy (non-hydrogen) atoms. The van der Waals surface area contributed by atoms with Crippen molar-refractivity contribution in [1.29, 1.82) is 0 Å². The Morgan fingerprint density at radius 2 is 2.08 bits per heavy atom. The van der Waals surface area contributed by atoms with Gasteiger partial charge in [-0.25, -0.2) is 4.79 Å². The van der Waals surface area contributed by atoms with E-state index in [2.05, 4.69) is 46.7 Å². The van der Waals surface area contributed by atoms with E-state index in [1.165, 1.54) is 24.0 Å². The Balaban J connectivity index is 1.26. The summed E-state index contributed by atoms with van der Waals surface area (Å²) in [6, 6.07) is 8.90. The molecule has 1 saturated carbocycles. The van der Waals surface area contributed by atoms with E-state index in [9.17, 15) is 4.79 Å². The van der Waals surface area contributed by atoms with Crippen molar-refractivity contribution in [1.82, 2.24) is 15.5 Å². The monoisotopic (exact) mass is 345 g/mol. The summed E-state index contributed by atoms with van der Waals surface area (Å²) in [6.45, 7) is 7.18. The van der Waals surface area contributed by atoms with Gasteiger partial charge in [0.2, 0.25) is 0 Å². The van der Waals surface area contributed by atoms with Gasteiger partial charge in [-0.2, -0.15) is 0 Å². The van der Waals surface area contributed by atoms with Crippen LogP contribution in [0.3, 0.4) is 0 Å². The Labute approximate surface area is 151 Å². The van der Waals surface area contributed by atoms with Crippen LogP contribution in [-0.4, -0.2) is 49.8 Å². The summed E-state index contributed by atoms with van der Waals surface area (Å²) in [5.74, 6) is 0.805. The number of nitrogens with one attached hydrogen (secondary N) is 2. The molecular formula is C20H31N3O2. The number of hydrogen-bond acceptors (Lipinski definition) is 3. The average molecular weight is 345 g/mol. The highest BCUT2D eigenvalue weighted by Crippen LogP contribution is 2.28. The van der Waals surface area contributed by atoms with Crippen LogP contribution in [0.1, 0.15) is 37.3 Å². The van der Waals surface area contributed by atoms with Crippen molar-refractivity contribution in [2.45, 2.75) is 45.2 Å². The zero-order valence-corrected chi connectivity index (χ0v) is 15.3. The van der Waals surface area contributed by atoms with Gasteiger partial charge in [0.1, 0.15) is 0 Å². The van der Waals surface area contributed by atoms with Gasteiger partial charge in [0.05, 0.1) is 0 Å². The van der Waals surface area contributed by atoms with E-state index in [0.29, 0.717) is 19.1 Å². The molecule has 1 heterocycles. The van der Waals surface area contributed by atoms with Crippen LogP contribution < -0.4 is 10.6 Å². The van der Waals surface area contributed by atoms with Gasteiger partial charge in [-0.15, -0.1) is 0 Å². The molecule has 138 valence electrons. The zero-order valence-electron chi connectivity index (χ0n) is 15.3. The Bertz CT molecular complexity index is 560. The number of ether oxygens (including phenoxy) is 1. The number of carbonyl (C=O) groups is 1. The first kappa shape index (κ1) is 18.2. The van der Waals surface area contributed by atoms with Crippen LogP contribution in [0, 0.1) is 5.92 Å². The summed E-state index contributed by atoms with van der Waals surface area (Å²) >= 11 is 0. The first-order valence-electron chi connectivity index (χ1n) is 9.62. The van der Waals surface area contributed by atoms with E-state index in [4.69, 9.17) is 4.74 Å². The molecule has 1 aromatic rings. The molecule has 0 aromatic heterocycles. The first-order valence-corrected chi connectivity index (χ1v) is 9.62. The van der Waals surface area contributed by atoms with Crippen LogP contribution in [0.15, 0.2) is 24.3 Å². The van der Waals surface area contributed by atoms with Gasteiger partial charge in [0, 0.05) is 45.4 Å².